The van der Waals surface area contributed by atoms with E-state index >= 15 is 0 Å². The maximum absolute atomic E-state index is 12.2. The van der Waals surface area contributed by atoms with E-state index in [2.05, 4.69) is 46.4 Å². The van der Waals surface area contributed by atoms with Crippen molar-refractivity contribution in [3.63, 3.8) is 0 Å². The first-order valence-electron chi connectivity index (χ1n) is 10.9. The predicted molar refractivity (Wildman–Crippen MR) is 148 cm³/mol. The van der Waals surface area contributed by atoms with E-state index in [1.54, 1.807) is 13.0 Å². The van der Waals surface area contributed by atoms with Gasteiger partial charge in [-0.25, -0.2) is 0 Å². The second-order valence-corrected chi connectivity index (χ2v) is 7.85. The Morgan fingerprint density at radius 2 is 1.62 bits per heavy atom. The molecule has 0 radical (unpaired) electrons. The van der Waals surface area contributed by atoms with Crippen molar-refractivity contribution in [2.75, 3.05) is 24.3 Å². The molecule has 0 aliphatic rings. The van der Waals surface area contributed by atoms with E-state index in [1.807, 2.05) is 83.4 Å². The van der Waals surface area contributed by atoms with Crippen LogP contribution in [-0.4, -0.2) is 25.7 Å². The molecule has 0 atom stereocenters. The number of anilines is 2. The van der Waals surface area contributed by atoms with Crippen LogP contribution in [-0.2, 0) is 4.79 Å². The van der Waals surface area contributed by atoms with Crippen LogP contribution in [0.1, 0.15) is 33.3 Å². The quantitative estimate of drug-likeness (QED) is 0.217. The van der Waals surface area contributed by atoms with Crippen molar-refractivity contribution in [1.82, 2.24) is 0 Å². The molecule has 0 spiro atoms. The molecule has 0 fully saturated rings. The van der Waals surface area contributed by atoms with Crippen LogP contribution in [0.15, 0.2) is 107 Å². The minimum absolute atomic E-state index is 0.281. The van der Waals surface area contributed by atoms with Crippen LogP contribution in [0.25, 0.3) is 0 Å². The summed E-state index contributed by atoms with van der Waals surface area (Å²) in [5.74, 6) is 2.23. The fourth-order valence-electron chi connectivity index (χ4n) is 2.73. The second kappa shape index (κ2) is 14.1. The average Bonchev–Trinajstić information content (AvgIpc) is 2.83. The highest BCUT2D eigenvalue weighted by atomic mass is 16.1. The molecule has 0 aliphatic heterocycles. The first-order valence-corrected chi connectivity index (χ1v) is 10.9. The minimum atomic E-state index is -0.281. The van der Waals surface area contributed by atoms with E-state index in [9.17, 15) is 4.79 Å². The molecule has 2 rings (SSSR count). The van der Waals surface area contributed by atoms with Crippen molar-refractivity contribution in [3.05, 3.63) is 108 Å². The summed E-state index contributed by atoms with van der Waals surface area (Å²) in [6.45, 7) is 15.0. The number of nitrogens with one attached hydrogen (secondary N) is 1. The standard InChI is InChI=1S/C22H24N2O.C8H11N/c1-8-12-20(16(5)9-2)23-18(7)19-13-10-11-14-21(19)24-22(25)17(6)15(3)4;1-9(2)8-6-4-3-5-7-8/h1,9-14H,3,6H2,2,4-5,7H3,(H,24,25);3-7H,1-2H3/b16-9-,20-12+,23-18?;. The number of allylic oxidation sites excluding steroid dienone is 3. The molecule has 34 heavy (non-hydrogen) atoms. The zero-order valence-electron chi connectivity index (χ0n) is 21.1. The van der Waals surface area contributed by atoms with Crippen molar-refractivity contribution < 1.29 is 4.79 Å². The number of hydrogen-bond donors (Lipinski definition) is 1. The molecule has 2 aromatic rings. The molecular weight excluding hydrogens is 418 g/mol. The van der Waals surface area contributed by atoms with Gasteiger partial charge in [-0.05, 0) is 57.0 Å². The van der Waals surface area contributed by atoms with Gasteiger partial charge in [0.25, 0.3) is 5.91 Å². The highest BCUT2D eigenvalue weighted by molar-refractivity contribution is 6.11. The second-order valence-electron chi connectivity index (χ2n) is 7.85. The molecule has 1 N–H and O–H groups in total. The zero-order valence-corrected chi connectivity index (χ0v) is 21.1. The summed E-state index contributed by atoms with van der Waals surface area (Å²) in [4.78, 5) is 19.0. The Balaban J connectivity index is 0.000000533. The summed E-state index contributed by atoms with van der Waals surface area (Å²) in [6, 6.07) is 17.7. The summed E-state index contributed by atoms with van der Waals surface area (Å²) in [5, 5.41) is 2.87. The monoisotopic (exact) mass is 453 g/mol. The van der Waals surface area contributed by atoms with Gasteiger partial charge in [-0.2, -0.15) is 0 Å². The molecule has 176 valence electrons. The lowest BCUT2D eigenvalue weighted by molar-refractivity contribution is -0.112. The molecule has 0 aromatic heterocycles. The fourth-order valence-corrected chi connectivity index (χ4v) is 2.73. The Kier molecular flexibility index (Phi) is 11.6. The van der Waals surface area contributed by atoms with Gasteiger partial charge in [-0.1, -0.05) is 61.6 Å². The third-order valence-electron chi connectivity index (χ3n) is 4.97. The van der Waals surface area contributed by atoms with Gasteiger partial charge >= 0.3 is 0 Å². The largest absolute Gasteiger partial charge is 0.378 e. The van der Waals surface area contributed by atoms with Crippen molar-refractivity contribution >= 4 is 23.0 Å². The van der Waals surface area contributed by atoms with Crippen LogP contribution in [0, 0.1) is 12.3 Å². The predicted octanol–water partition coefficient (Wildman–Crippen LogP) is 6.80. The molecule has 0 unspecified atom stereocenters. The van der Waals surface area contributed by atoms with E-state index in [0.29, 0.717) is 16.8 Å². The third kappa shape index (κ3) is 8.80. The number of para-hydroxylation sites is 2. The highest BCUT2D eigenvalue weighted by Crippen LogP contribution is 2.20. The van der Waals surface area contributed by atoms with Crippen LogP contribution in [0.5, 0.6) is 0 Å². The van der Waals surface area contributed by atoms with Gasteiger partial charge in [-0.3, -0.25) is 9.79 Å². The van der Waals surface area contributed by atoms with E-state index in [4.69, 9.17) is 6.42 Å². The normalized spacial score (nSPS) is 11.5. The van der Waals surface area contributed by atoms with Gasteiger partial charge in [-0.15, -0.1) is 6.42 Å². The van der Waals surface area contributed by atoms with Gasteiger partial charge in [0.15, 0.2) is 0 Å². The van der Waals surface area contributed by atoms with E-state index in [-0.39, 0.29) is 5.91 Å². The summed E-state index contributed by atoms with van der Waals surface area (Å²) >= 11 is 0. The minimum Gasteiger partial charge on any atom is -0.378 e. The molecule has 0 saturated carbocycles. The molecule has 1 amide bonds. The van der Waals surface area contributed by atoms with Gasteiger partial charge in [0.05, 0.1) is 11.4 Å². The molecule has 0 saturated heterocycles. The Morgan fingerprint density at radius 1 is 1.03 bits per heavy atom. The Morgan fingerprint density at radius 3 is 2.12 bits per heavy atom. The highest BCUT2D eigenvalue weighted by Gasteiger charge is 2.12. The number of aliphatic imine (C=N–C) groups is 1. The summed E-state index contributed by atoms with van der Waals surface area (Å²) in [7, 11) is 4.07. The lowest BCUT2D eigenvalue weighted by atomic mass is 10.1. The summed E-state index contributed by atoms with van der Waals surface area (Å²) in [6.07, 6.45) is 8.97. The third-order valence-corrected chi connectivity index (χ3v) is 4.97. The molecule has 0 bridgehead atoms. The average molecular weight is 454 g/mol. The maximum Gasteiger partial charge on any atom is 0.255 e. The van der Waals surface area contributed by atoms with E-state index in [0.717, 1.165) is 22.5 Å². The van der Waals surface area contributed by atoms with Crippen LogP contribution in [0.2, 0.25) is 0 Å². The molecule has 2 aromatic carbocycles. The van der Waals surface area contributed by atoms with Gasteiger partial charge < -0.3 is 10.2 Å². The van der Waals surface area contributed by atoms with Crippen molar-refractivity contribution in [1.29, 1.82) is 0 Å². The number of nitrogens with zero attached hydrogens (tertiary/aromatic N) is 2. The smallest absolute Gasteiger partial charge is 0.255 e. The van der Waals surface area contributed by atoms with Gasteiger partial charge in [0.1, 0.15) is 0 Å². The summed E-state index contributed by atoms with van der Waals surface area (Å²) in [5.41, 5.74) is 6.15. The lowest BCUT2D eigenvalue weighted by Gasteiger charge is -2.13. The van der Waals surface area contributed by atoms with Crippen LogP contribution < -0.4 is 10.2 Å². The molecular formula is C30H35N3O. The first-order chi connectivity index (χ1) is 16.1. The first kappa shape index (κ1) is 27.9. The number of amides is 1. The van der Waals surface area contributed by atoms with Crippen molar-refractivity contribution in [2.45, 2.75) is 27.7 Å². The van der Waals surface area contributed by atoms with Gasteiger partial charge in [0.2, 0.25) is 0 Å². The lowest BCUT2D eigenvalue weighted by Crippen LogP contribution is -2.16. The molecule has 4 heteroatoms. The molecule has 4 nitrogen and oxygen atoms in total. The zero-order chi connectivity index (χ0) is 25.7. The van der Waals surface area contributed by atoms with E-state index in [1.165, 1.54) is 5.69 Å². The van der Waals surface area contributed by atoms with E-state index < -0.39 is 0 Å². The maximum atomic E-state index is 12.2. The number of benzene rings is 2. The number of carbonyl (C=O) groups excluding carboxylic acids is 1. The summed E-state index contributed by atoms with van der Waals surface area (Å²) < 4.78 is 0. The van der Waals surface area contributed by atoms with Gasteiger partial charge in [0, 0.05) is 42.7 Å². The fraction of sp³-hybridized carbons (Fsp3) is 0.200. The number of terminal acetylenes is 1. The SMILES string of the molecule is C#C/C=C(N=C(C)c1ccccc1NC(=O)C(=C)C(=C)C)\C(C)=C/C.CN(C)c1ccccc1. The Bertz CT molecular complexity index is 1140. The van der Waals surface area contributed by atoms with Crippen molar-refractivity contribution in [3.8, 4) is 12.3 Å². The van der Waals surface area contributed by atoms with Crippen molar-refractivity contribution in [2.24, 2.45) is 4.99 Å². The Labute approximate surface area is 205 Å². The van der Waals surface area contributed by atoms with Crippen LogP contribution in [0.3, 0.4) is 0 Å². The topological polar surface area (TPSA) is 44.7 Å². The number of hydrogen-bond acceptors (Lipinski definition) is 3. The molecule has 0 heterocycles. The molecule has 0 aliphatic carbocycles. The number of carbonyl (C=O) groups is 1. The van der Waals surface area contributed by atoms with Crippen LogP contribution in [0.4, 0.5) is 11.4 Å². The van der Waals surface area contributed by atoms with Crippen LogP contribution >= 0.6 is 0 Å². The Hall–Kier alpha value is -4.10. The number of rotatable bonds is 7.